The molecule has 0 aliphatic carbocycles. The van der Waals surface area contributed by atoms with Gasteiger partial charge in [0.05, 0.1) is 0 Å². The molecule has 0 radical (unpaired) electrons. The van der Waals surface area contributed by atoms with Crippen molar-refractivity contribution in [2.24, 2.45) is 7.05 Å². The minimum Gasteiger partial charge on any atom is -0.351 e. The van der Waals surface area contributed by atoms with Gasteiger partial charge in [0.25, 0.3) is 0 Å². The van der Waals surface area contributed by atoms with E-state index < -0.39 is 0 Å². The first kappa shape index (κ1) is 17.5. The van der Waals surface area contributed by atoms with Crippen LogP contribution >= 0.6 is 0 Å². The summed E-state index contributed by atoms with van der Waals surface area (Å²) < 4.78 is 2.24. The third-order valence-corrected chi connectivity index (χ3v) is 5.90. The van der Waals surface area contributed by atoms with Gasteiger partial charge in [-0.25, -0.2) is 0 Å². The average Bonchev–Trinajstić information content (AvgIpc) is 3.20. The molecule has 138 valence electrons. The van der Waals surface area contributed by atoms with Crippen molar-refractivity contribution in [3.63, 3.8) is 0 Å². The summed E-state index contributed by atoms with van der Waals surface area (Å²) in [5.41, 5.74) is 9.44. The van der Waals surface area contributed by atoms with Crippen LogP contribution in [-0.4, -0.2) is 22.0 Å². The molecular formula is C23H25N3O. The lowest BCUT2D eigenvalue weighted by Crippen LogP contribution is -2.23. The Labute approximate surface area is 160 Å². The van der Waals surface area contributed by atoms with Crippen LogP contribution in [-0.2, 0) is 11.8 Å². The van der Waals surface area contributed by atoms with Crippen molar-refractivity contribution in [3.05, 3.63) is 59.7 Å². The van der Waals surface area contributed by atoms with E-state index in [1.807, 2.05) is 29.4 Å². The Kier molecular flexibility index (Phi) is 4.34. The van der Waals surface area contributed by atoms with Crippen LogP contribution in [0.25, 0.3) is 22.3 Å². The molecule has 3 aromatic rings. The number of nitrogens with zero attached hydrogens (tertiary/aromatic N) is 3. The molecule has 4 rings (SSSR count). The summed E-state index contributed by atoms with van der Waals surface area (Å²) in [6.45, 7) is 7.30. The van der Waals surface area contributed by atoms with E-state index in [2.05, 4.69) is 55.6 Å². The van der Waals surface area contributed by atoms with Gasteiger partial charge in [0.2, 0.25) is 5.91 Å². The maximum Gasteiger partial charge on any atom is 0.227 e. The Hall–Kier alpha value is -2.88. The van der Waals surface area contributed by atoms with Crippen molar-refractivity contribution < 1.29 is 4.79 Å². The molecular weight excluding hydrogens is 334 g/mol. The van der Waals surface area contributed by atoms with Crippen molar-refractivity contribution in [2.45, 2.75) is 33.6 Å². The van der Waals surface area contributed by atoms with Gasteiger partial charge in [-0.3, -0.25) is 9.78 Å². The van der Waals surface area contributed by atoms with Crippen LogP contribution in [0.1, 0.15) is 29.8 Å². The van der Waals surface area contributed by atoms with E-state index in [9.17, 15) is 4.79 Å². The van der Waals surface area contributed by atoms with Gasteiger partial charge in [-0.2, -0.15) is 0 Å². The van der Waals surface area contributed by atoms with Crippen LogP contribution in [0.5, 0.6) is 0 Å². The molecule has 4 heteroatoms. The zero-order valence-corrected chi connectivity index (χ0v) is 16.4. The Balaban J connectivity index is 1.69. The van der Waals surface area contributed by atoms with E-state index in [4.69, 9.17) is 0 Å². The lowest BCUT2D eigenvalue weighted by Gasteiger charge is -2.16. The molecule has 1 aliphatic heterocycles. The molecule has 1 aromatic carbocycles. The van der Waals surface area contributed by atoms with Crippen molar-refractivity contribution in [3.8, 4) is 22.3 Å². The summed E-state index contributed by atoms with van der Waals surface area (Å²) in [6, 6.07) is 10.4. The van der Waals surface area contributed by atoms with Crippen LogP contribution in [0.3, 0.4) is 0 Å². The quantitative estimate of drug-likeness (QED) is 0.673. The number of carbonyl (C=O) groups excluding carboxylic acids is 1. The molecule has 0 saturated carbocycles. The number of amides is 1. The summed E-state index contributed by atoms with van der Waals surface area (Å²) in [5, 5.41) is 0. The lowest BCUT2D eigenvalue weighted by molar-refractivity contribution is -0.117. The van der Waals surface area contributed by atoms with Crippen LogP contribution in [0.15, 0.2) is 42.7 Å². The number of hydrogen-bond donors (Lipinski definition) is 0. The highest BCUT2D eigenvalue weighted by atomic mass is 16.2. The van der Waals surface area contributed by atoms with Crippen LogP contribution in [0, 0.1) is 20.8 Å². The van der Waals surface area contributed by atoms with Crippen molar-refractivity contribution in [2.75, 3.05) is 11.4 Å². The zero-order chi connectivity index (χ0) is 19.1. The summed E-state index contributed by atoms with van der Waals surface area (Å²) in [6.07, 6.45) is 5.44. The van der Waals surface area contributed by atoms with E-state index in [1.54, 1.807) is 0 Å². The third-order valence-electron chi connectivity index (χ3n) is 5.90. The number of rotatable bonds is 3. The summed E-state index contributed by atoms with van der Waals surface area (Å²) in [4.78, 5) is 18.3. The van der Waals surface area contributed by atoms with Crippen molar-refractivity contribution >= 4 is 11.6 Å². The van der Waals surface area contributed by atoms with E-state index in [1.165, 1.54) is 22.5 Å². The van der Waals surface area contributed by atoms with Gasteiger partial charge >= 0.3 is 0 Å². The van der Waals surface area contributed by atoms with E-state index in [0.29, 0.717) is 6.42 Å². The van der Waals surface area contributed by atoms with Crippen molar-refractivity contribution in [1.82, 2.24) is 9.55 Å². The lowest BCUT2D eigenvalue weighted by atomic mass is 9.99. The molecule has 0 unspecified atom stereocenters. The average molecular weight is 359 g/mol. The molecule has 27 heavy (non-hydrogen) atoms. The molecule has 4 nitrogen and oxygen atoms in total. The van der Waals surface area contributed by atoms with Gasteiger partial charge in [0.1, 0.15) is 0 Å². The molecule has 0 spiro atoms. The molecule has 1 aliphatic rings. The summed E-state index contributed by atoms with van der Waals surface area (Å²) in [5.74, 6) is 0.219. The first-order chi connectivity index (χ1) is 13.0. The molecule has 2 aromatic heterocycles. The topological polar surface area (TPSA) is 38.1 Å². The maximum absolute atomic E-state index is 11.9. The molecule has 3 heterocycles. The second kappa shape index (κ2) is 6.69. The fourth-order valence-electron chi connectivity index (χ4n) is 4.04. The number of carbonyl (C=O) groups is 1. The van der Waals surface area contributed by atoms with E-state index in [-0.39, 0.29) is 5.91 Å². The minimum atomic E-state index is 0.219. The standard InChI is InChI=1S/C23H25N3O/c1-15-16(2)25(4)17(3)23(15)20-12-19(13-24-14-20)18-7-9-21(10-8-18)26-11-5-6-22(26)27/h7-10,12-14H,5-6,11H2,1-4H3. The Bertz CT molecular complexity index is 989. The Morgan fingerprint density at radius 1 is 0.926 bits per heavy atom. The largest absolute Gasteiger partial charge is 0.351 e. The number of benzene rings is 1. The third kappa shape index (κ3) is 2.95. The Morgan fingerprint density at radius 2 is 1.63 bits per heavy atom. The van der Waals surface area contributed by atoms with E-state index >= 15 is 0 Å². The fourth-order valence-corrected chi connectivity index (χ4v) is 4.04. The molecule has 1 saturated heterocycles. The number of pyridine rings is 1. The first-order valence-corrected chi connectivity index (χ1v) is 9.46. The molecule has 1 amide bonds. The predicted molar refractivity (Wildman–Crippen MR) is 110 cm³/mol. The van der Waals surface area contributed by atoms with Gasteiger partial charge in [-0.05, 0) is 56.5 Å². The second-order valence-corrected chi connectivity index (χ2v) is 7.39. The summed E-state index contributed by atoms with van der Waals surface area (Å²) >= 11 is 0. The highest BCUT2D eigenvalue weighted by molar-refractivity contribution is 5.95. The predicted octanol–water partition coefficient (Wildman–Crippen LogP) is 4.81. The zero-order valence-electron chi connectivity index (χ0n) is 16.4. The van der Waals surface area contributed by atoms with Gasteiger partial charge in [0, 0.05) is 66.2 Å². The minimum absolute atomic E-state index is 0.219. The second-order valence-electron chi connectivity index (χ2n) is 7.39. The van der Waals surface area contributed by atoms with Crippen LogP contribution in [0.4, 0.5) is 5.69 Å². The number of aromatic nitrogens is 2. The normalized spacial score (nSPS) is 14.2. The fraction of sp³-hybridized carbons (Fsp3) is 0.304. The molecule has 0 atom stereocenters. The maximum atomic E-state index is 11.9. The van der Waals surface area contributed by atoms with Gasteiger partial charge in [-0.1, -0.05) is 12.1 Å². The van der Waals surface area contributed by atoms with Crippen LogP contribution < -0.4 is 4.90 Å². The molecule has 0 bridgehead atoms. The monoisotopic (exact) mass is 359 g/mol. The highest BCUT2D eigenvalue weighted by Crippen LogP contribution is 2.33. The SMILES string of the molecule is Cc1c(-c2cncc(-c3ccc(N4CCCC4=O)cc3)c2)c(C)n(C)c1C. The van der Waals surface area contributed by atoms with Crippen molar-refractivity contribution in [1.29, 1.82) is 0 Å². The summed E-state index contributed by atoms with van der Waals surface area (Å²) in [7, 11) is 2.11. The van der Waals surface area contributed by atoms with E-state index in [0.717, 1.165) is 35.3 Å². The smallest absolute Gasteiger partial charge is 0.227 e. The molecule has 0 N–H and O–H groups in total. The van der Waals surface area contributed by atoms with Gasteiger partial charge in [0.15, 0.2) is 0 Å². The van der Waals surface area contributed by atoms with Gasteiger partial charge in [-0.15, -0.1) is 0 Å². The number of anilines is 1. The van der Waals surface area contributed by atoms with Gasteiger partial charge < -0.3 is 9.47 Å². The first-order valence-electron chi connectivity index (χ1n) is 9.46. The highest BCUT2D eigenvalue weighted by Gasteiger charge is 2.21. The van der Waals surface area contributed by atoms with Crippen LogP contribution in [0.2, 0.25) is 0 Å². The molecule has 1 fully saturated rings. The Morgan fingerprint density at radius 3 is 2.22 bits per heavy atom. The number of hydrogen-bond acceptors (Lipinski definition) is 2.